The summed E-state index contributed by atoms with van der Waals surface area (Å²) in [5.74, 6) is -0.129. The normalized spacial score (nSPS) is 12.6. The van der Waals surface area contributed by atoms with Crippen LogP contribution < -0.4 is 10.6 Å². The summed E-state index contributed by atoms with van der Waals surface area (Å²) < 4.78 is 0. The van der Waals surface area contributed by atoms with Gasteiger partial charge in [-0.05, 0) is 87.8 Å². The molecule has 6 aromatic carbocycles. The van der Waals surface area contributed by atoms with E-state index in [4.69, 9.17) is 0 Å². The second-order valence-corrected chi connectivity index (χ2v) is 11.4. The zero-order valence-electron chi connectivity index (χ0n) is 25.2. The highest BCUT2D eigenvalue weighted by molar-refractivity contribution is 6.04. The van der Waals surface area contributed by atoms with Crippen molar-refractivity contribution in [2.45, 2.75) is 12.3 Å². The van der Waals surface area contributed by atoms with Crippen molar-refractivity contribution in [3.05, 3.63) is 179 Å². The molecule has 0 heterocycles. The Hall–Kier alpha value is -5.74. The topological polar surface area (TPSA) is 58.2 Å². The first-order valence-electron chi connectivity index (χ1n) is 15.1. The van der Waals surface area contributed by atoms with Crippen molar-refractivity contribution < 1.29 is 9.59 Å². The lowest BCUT2D eigenvalue weighted by Gasteiger charge is -2.34. The molecule has 0 atom stereocenters. The lowest BCUT2D eigenvalue weighted by Crippen LogP contribution is -2.28. The van der Waals surface area contributed by atoms with Crippen molar-refractivity contribution in [2.24, 2.45) is 0 Å². The van der Waals surface area contributed by atoms with E-state index in [0.717, 1.165) is 33.6 Å². The highest BCUT2D eigenvalue weighted by atomic mass is 16.1. The lowest BCUT2D eigenvalue weighted by atomic mass is 9.67. The van der Waals surface area contributed by atoms with Gasteiger partial charge < -0.3 is 10.6 Å². The monoisotopic (exact) mass is 584 g/mol. The van der Waals surface area contributed by atoms with Gasteiger partial charge in [0, 0.05) is 29.5 Å². The zero-order valence-corrected chi connectivity index (χ0v) is 25.2. The third-order valence-electron chi connectivity index (χ3n) is 8.91. The number of hydrogen-bond donors (Lipinski definition) is 2. The molecule has 0 saturated carbocycles. The molecule has 1 aliphatic carbocycles. The fraction of sp³-hybridized carbons (Fsp3) is 0.0732. The molecule has 4 nitrogen and oxygen atoms in total. The number of hydrogen-bond acceptors (Lipinski definition) is 3. The maximum Gasteiger partial charge on any atom is 0.255 e. The molecule has 45 heavy (non-hydrogen) atoms. The first-order valence-corrected chi connectivity index (χ1v) is 15.1. The minimum absolute atomic E-state index is 0.0380. The fourth-order valence-electron chi connectivity index (χ4n) is 6.63. The number of carbonyl (C=O) groups excluding carboxylic acids is 2. The van der Waals surface area contributed by atoms with E-state index in [1.54, 1.807) is 6.92 Å². The molecular formula is C41H32N2O2. The van der Waals surface area contributed by atoms with Crippen LogP contribution in [0.4, 0.5) is 11.4 Å². The van der Waals surface area contributed by atoms with Crippen molar-refractivity contribution in [3.8, 4) is 22.3 Å². The van der Waals surface area contributed by atoms with Crippen LogP contribution in [0.3, 0.4) is 0 Å². The molecule has 0 spiro atoms. The van der Waals surface area contributed by atoms with Gasteiger partial charge in [-0.2, -0.15) is 0 Å². The number of Topliss-reactive ketones (excluding diaryl/α,β-unsaturated/α-hetero) is 1. The molecule has 0 fully saturated rings. The Morgan fingerprint density at radius 3 is 1.42 bits per heavy atom. The maximum absolute atomic E-state index is 13.4. The number of amides is 1. The molecule has 4 heteroatoms. The number of ketones is 1. The summed E-state index contributed by atoms with van der Waals surface area (Å²) in [6.07, 6.45) is 0. The zero-order chi connectivity index (χ0) is 31.0. The average Bonchev–Trinajstić information content (AvgIpc) is 3.40. The molecule has 0 radical (unpaired) electrons. The van der Waals surface area contributed by atoms with Crippen LogP contribution in [0.2, 0.25) is 0 Å². The van der Waals surface area contributed by atoms with E-state index in [1.807, 2.05) is 67.7 Å². The summed E-state index contributed by atoms with van der Waals surface area (Å²) in [6, 6.07) is 49.0. The second kappa shape index (κ2) is 11.4. The van der Waals surface area contributed by atoms with Crippen LogP contribution in [0.15, 0.2) is 146 Å². The van der Waals surface area contributed by atoms with Gasteiger partial charge in [0.05, 0.1) is 5.41 Å². The van der Waals surface area contributed by atoms with E-state index in [9.17, 15) is 9.59 Å². The van der Waals surface area contributed by atoms with Crippen LogP contribution in [0.25, 0.3) is 22.3 Å². The molecule has 0 bridgehead atoms. The van der Waals surface area contributed by atoms with Crippen LogP contribution in [-0.4, -0.2) is 18.7 Å². The van der Waals surface area contributed by atoms with Crippen molar-refractivity contribution in [1.82, 2.24) is 0 Å². The number of benzene rings is 6. The third kappa shape index (κ3) is 4.81. The maximum atomic E-state index is 13.4. The van der Waals surface area contributed by atoms with Crippen LogP contribution >= 0.6 is 0 Å². The second-order valence-electron chi connectivity index (χ2n) is 11.4. The Labute approximate surface area is 263 Å². The van der Waals surface area contributed by atoms with Gasteiger partial charge in [-0.25, -0.2) is 0 Å². The number of anilines is 2. The van der Waals surface area contributed by atoms with Crippen molar-refractivity contribution in [1.29, 1.82) is 0 Å². The van der Waals surface area contributed by atoms with Gasteiger partial charge in [0.15, 0.2) is 5.78 Å². The summed E-state index contributed by atoms with van der Waals surface area (Å²) in [6.45, 7) is 1.59. The first-order chi connectivity index (χ1) is 22.0. The average molecular weight is 585 g/mol. The number of carbonyl (C=O) groups is 2. The standard InChI is InChI=1S/C41H32N2O2/c1-27(44)28-11-19-32(20-12-28)41(38-9-5-3-7-36(38)37-8-4-6-10-39(37)41)33-21-13-31(14-22-33)40(45)43-35-25-17-30(18-26-35)29-15-23-34(42-2)24-16-29/h3-26,42H,1-2H3,(H,43,45). The van der Waals surface area contributed by atoms with Gasteiger partial charge in [-0.3, -0.25) is 9.59 Å². The molecule has 1 amide bonds. The molecule has 0 unspecified atom stereocenters. The molecule has 0 aromatic heterocycles. The SMILES string of the molecule is CNc1ccc(-c2ccc(NC(=O)c3ccc(C4(c5ccc(C(C)=O)cc5)c5ccccc5-c5ccccc54)cc3)cc2)cc1. The quantitative estimate of drug-likeness (QED) is 0.184. The highest BCUT2D eigenvalue weighted by Gasteiger charge is 2.45. The van der Waals surface area contributed by atoms with Crippen molar-refractivity contribution >= 4 is 23.1 Å². The smallest absolute Gasteiger partial charge is 0.255 e. The van der Waals surface area contributed by atoms with Crippen molar-refractivity contribution in [3.63, 3.8) is 0 Å². The van der Waals surface area contributed by atoms with E-state index in [-0.39, 0.29) is 11.7 Å². The predicted molar refractivity (Wildman–Crippen MR) is 183 cm³/mol. The lowest BCUT2D eigenvalue weighted by molar-refractivity contribution is 0.101. The highest BCUT2D eigenvalue weighted by Crippen LogP contribution is 2.55. The Morgan fingerprint density at radius 2 is 0.956 bits per heavy atom. The summed E-state index contributed by atoms with van der Waals surface area (Å²) in [7, 11) is 1.90. The summed E-state index contributed by atoms with van der Waals surface area (Å²) in [4.78, 5) is 25.5. The molecule has 218 valence electrons. The summed E-state index contributed by atoms with van der Waals surface area (Å²) >= 11 is 0. The third-order valence-corrected chi connectivity index (χ3v) is 8.91. The van der Waals surface area contributed by atoms with Gasteiger partial charge in [0.25, 0.3) is 5.91 Å². The van der Waals surface area contributed by atoms with E-state index in [1.165, 1.54) is 22.3 Å². The van der Waals surface area contributed by atoms with Gasteiger partial charge in [-0.15, -0.1) is 0 Å². The Bertz CT molecular complexity index is 1980. The summed E-state index contributed by atoms with van der Waals surface area (Å²) in [5, 5.41) is 6.19. The fourth-order valence-corrected chi connectivity index (χ4v) is 6.63. The molecule has 2 N–H and O–H groups in total. The molecular weight excluding hydrogens is 552 g/mol. The first kappa shape index (κ1) is 28.1. The predicted octanol–water partition coefficient (Wildman–Crippen LogP) is 9.21. The van der Waals surface area contributed by atoms with E-state index >= 15 is 0 Å². The molecule has 6 aromatic rings. The van der Waals surface area contributed by atoms with Crippen LogP contribution in [0.1, 0.15) is 49.9 Å². The van der Waals surface area contributed by atoms with Crippen LogP contribution in [0.5, 0.6) is 0 Å². The van der Waals surface area contributed by atoms with Gasteiger partial charge in [0.1, 0.15) is 0 Å². The molecule has 0 aliphatic heterocycles. The number of rotatable bonds is 7. The van der Waals surface area contributed by atoms with Crippen LogP contribution in [0, 0.1) is 0 Å². The van der Waals surface area contributed by atoms with E-state index in [0.29, 0.717) is 11.1 Å². The Kier molecular flexibility index (Phi) is 7.11. The minimum Gasteiger partial charge on any atom is -0.388 e. The van der Waals surface area contributed by atoms with E-state index in [2.05, 4.69) is 95.6 Å². The Balaban J connectivity index is 1.23. The molecule has 0 saturated heterocycles. The minimum atomic E-state index is -0.598. The van der Waals surface area contributed by atoms with Gasteiger partial charge >= 0.3 is 0 Å². The Morgan fingerprint density at radius 1 is 0.511 bits per heavy atom. The van der Waals surface area contributed by atoms with E-state index < -0.39 is 5.41 Å². The number of nitrogens with one attached hydrogen (secondary N) is 2. The van der Waals surface area contributed by atoms with Crippen LogP contribution in [-0.2, 0) is 5.41 Å². The largest absolute Gasteiger partial charge is 0.388 e. The molecule has 1 aliphatic rings. The molecule has 7 rings (SSSR count). The van der Waals surface area contributed by atoms with Gasteiger partial charge in [0.2, 0.25) is 0 Å². The number of fused-ring (bicyclic) bond motifs is 3. The summed E-state index contributed by atoms with van der Waals surface area (Å²) in [5.41, 5.74) is 11.5. The van der Waals surface area contributed by atoms with Gasteiger partial charge in [-0.1, -0.05) is 109 Å². The van der Waals surface area contributed by atoms with Crippen molar-refractivity contribution in [2.75, 3.05) is 17.7 Å².